The van der Waals surface area contributed by atoms with Gasteiger partial charge in [0.25, 0.3) is 0 Å². The maximum absolute atomic E-state index is 12.7. The molecule has 8 nitrogen and oxygen atoms in total. The van der Waals surface area contributed by atoms with Gasteiger partial charge in [-0.3, -0.25) is 13.8 Å². The number of esters is 1. The van der Waals surface area contributed by atoms with E-state index in [1.54, 1.807) is 0 Å². The van der Waals surface area contributed by atoms with Crippen molar-refractivity contribution in [2.24, 2.45) is 0 Å². The summed E-state index contributed by atoms with van der Waals surface area (Å²) >= 11 is 0. The molecule has 0 saturated heterocycles. The summed E-state index contributed by atoms with van der Waals surface area (Å²) in [6.45, 7) is 5.44. The Balaban J connectivity index is 4.18. The van der Waals surface area contributed by atoms with Crippen molar-refractivity contribution in [3.63, 3.8) is 0 Å². The molecule has 0 spiro atoms. The molecule has 2 atom stereocenters. The minimum atomic E-state index is -4.29. The summed E-state index contributed by atoms with van der Waals surface area (Å²) in [7, 11) is 1.64. The van der Waals surface area contributed by atoms with Gasteiger partial charge in [0.2, 0.25) is 0 Å². The molecule has 0 amide bonds. The fraction of sp³-hybridized carbons (Fsp3) is 0.712. The molecular formula is C52H93NO7P+. The maximum atomic E-state index is 12.7. The monoisotopic (exact) mass is 875 g/mol. The number of phosphoric ester groups is 1. The van der Waals surface area contributed by atoms with Gasteiger partial charge in [-0.1, -0.05) is 170 Å². The standard InChI is InChI=1S/C52H92NO7P/c1-6-8-10-12-14-16-18-20-21-22-23-24-25-26-27-28-29-30-31-32-34-36-38-40-42-44-47-57-49-51(50-59-61(55,56)58-48-46-53(3,4)5)60-52(54)45-43-41-39-37-35-33-19-17-15-13-11-9-7-2/h8,10,14,16-17,19-21,23-24,26-27,29-30,51H,6-7,9,11-13,15,18,22,25,28,31-50H2,1-5H3/p+1/b10-8-,16-14-,19-17-,21-20-,24-23-,27-26-,30-29-. The van der Waals surface area contributed by atoms with Crippen molar-refractivity contribution in [3.05, 3.63) is 85.1 Å². The Morgan fingerprint density at radius 3 is 1.44 bits per heavy atom. The summed E-state index contributed by atoms with van der Waals surface area (Å²) in [4.78, 5) is 22.9. The number of hydrogen-bond acceptors (Lipinski definition) is 6. The third kappa shape index (κ3) is 48.6. The lowest BCUT2D eigenvalue weighted by Crippen LogP contribution is -2.37. The van der Waals surface area contributed by atoms with Crippen molar-refractivity contribution in [3.8, 4) is 0 Å². The molecule has 0 aromatic rings. The largest absolute Gasteiger partial charge is 0.472 e. The number of ether oxygens (including phenoxy) is 2. The molecule has 61 heavy (non-hydrogen) atoms. The molecule has 0 aliphatic rings. The summed E-state index contributed by atoms with van der Waals surface area (Å²) in [6.07, 6.45) is 59.1. The minimum absolute atomic E-state index is 0.0804. The smallest absolute Gasteiger partial charge is 0.457 e. The molecule has 1 N–H and O–H groups in total. The van der Waals surface area contributed by atoms with E-state index >= 15 is 0 Å². The Labute approximate surface area is 375 Å². The van der Waals surface area contributed by atoms with Gasteiger partial charge in [-0.2, -0.15) is 0 Å². The summed E-state index contributed by atoms with van der Waals surface area (Å²) < 4.78 is 35.0. The molecule has 0 aromatic carbocycles. The van der Waals surface area contributed by atoms with Gasteiger partial charge in [0.1, 0.15) is 19.3 Å². The topological polar surface area (TPSA) is 91.3 Å². The van der Waals surface area contributed by atoms with Gasteiger partial charge in [-0.05, 0) is 89.9 Å². The van der Waals surface area contributed by atoms with Gasteiger partial charge in [0, 0.05) is 13.0 Å². The van der Waals surface area contributed by atoms with Crippen LogP contribution in [0.2, 0.25) is 0 Å². The lowest BCUT2D eigenvalue weighted by molar-refractivity contribution is -0.870. The number of nitrogens with zero attached hydrogens (tertiary/aromatic N) is 1. The molecule has 0 rings (SSSR count). The van der Waals surface area contributed by atoms with Crippen molar-refractivity contribution in [1.82, 2.24) is 0 Å². The van der Waals surface area contributed by atoms with E-state index in [1.165, 1.54) is 70.6 Å². The molecule has 0 aliphatic carbocycles. The third-order valence-electron chi connectivity index (χ3n) is 9.94. The number of carbonyl (C=O) groups excluding carboxylic acids is 1. The second kappa shape index (κ2) is 44.3. The van der Waals surface area contributed by atoms with Crippen LogP contribution in [0.3, 0.4) is 0 Å². The first-order chi connectivity index (χ1) is 29.6. The quantitative estimate of drug-likeness (QED) is 0.0214. The molecule has 0 fully saturated rings. The van der Waals surface area contributed by atoms with Crippen LogP contribution in [-0.4, -0.2) is 75.6 Å². The highest BCUT2D eigenvalue weighted by molar-refractivity contribution is 7.47. The van der Waals surface area contributed by atoms with E-state index in [1.807, 2.05) is 21.1 Å². The van der Waals surface area contributed by atoms with Crippen molar-refractivity contribution in [2.75, 3.05) is 54.1 Å². The summed E-state index contributed by atoms with van der Waals surface area (Å²) in [6, 6.07) is 0. The Kier molecular flexibility index (Phi) is 42.6. The number of phosphoric acid groups is 1. The van der Waals surface area contributed by atoms with Crippen LogP contribution in [0.15, 0.2) is 85.1 Å². The van der Waals surface area contributed by atoms with Gasteiger partial charge >= 0.3 is 13.8 Å². The van der Waals surface area contributed by atoms with Crippen molar-refractivity contribution >= 4 is 13.8 Å². The van der Waals surface area contributed by atoms with E-state index in [0.29, 0.717) is 24.1 Å². The number of hydrogen-bond donors (Lipinski definition) is 1. The Hall–Kier alpha value is -2.32. The zero-order valence-corrected chi connectivity index (χ0v) is 40.8. The van der Waals surface area contributed by atoms with Gasteiger partial charge in [-0.25, -0.2) is 4.57 Å². The van der Waals surface area contributed by atoms with Gasteiger partial charge < -0.3 is 18.9 Å². The highest BCUT2D eigenvalue weighted by Gasteiger charge is 2.26. The number of likely N-dealkylation sites (N-methyl/N-ethyl adjacent to an activating group) is 1. The normalized spacial score (nSPS) is 14.4. The summed E-state index contributed by atoms with van der Waals surface area (Å²) in [5.41, 5.74) is 0. The second-order valence-electron chi connectivity index (χ2n) is 17.1. The molecule has 0 saturated carbocycles. The highest BCUT2D eigenvalue weighted by atomic mass is 31.2. The molecule has 0 aliphatic heterocycles. The fourth-order valence-corrected chi connectivity index (χ4v) is 6.94. The first-order valence-electron chi connectivity index (χ1n) is 24.3. The van der Waals surface area contributed by atoms with Crippen LogP contribution in [0, 0.1) is 0 Å². The van der Waals surface area contributed by atoms with E-state index in [2.05, 4.69) is 98.9 Å². The maximum Gasteiger partial charge on any atom is 0.472 e. The molecule has 352 valence electrons. The lowest BCUT2D eigenvalue weighted by Gasteiger charge is -2.24. The number of allylic oxidation sites excluding steroid dienone is 14. The number of quaternary nitrogens is 1. The Morgan fingerprint density at radius 1 is 0.525 bits per heavy atom. The van der Waals surface area contributed by atoms with E-state index in [-0.39, 0.29) is 25.8 Å². The van der Waals surface area contributed by atoms with E-state index in [0.717, 1.165) is 89.9 Å². The minimum Gasteiger partial charge on any atom is -0.457 e. The number of unbranched alkanes of at least 4 members (excludes halogenated alkanes) is 16. The highest BCUT2D eigenvalue weighted by Crippen LogP contribution is 2.43. The van der Waals surface area contributed by atoms with Crippen LogP contribution in [0.25, 0.3) is 0 Å². The summed E-state index contributed by atoms with van der Waals surface area (Å²) in [5.74, 6) is -0.331. The van der Waals surface area contributed by atoms with Crippen LogP contribution < -0.4 is 0 Å². The summed E-state index contributed by atoms with van der Waals surface area (Å²) in [5, 5.41) is 0. The van der Waals surface area contributed by atoms with Crippen LogP contribution in [0.1, 0.15) is 181 Å². The van der Waals surface area contributed by atoms with Crippen LogP contribution in [0.5, 0.6) is 0 Å². The zero-order chi connectivity index (χ0) is 44.8. The predicted molar refractivity (Wildman–Crippen MR) is 261 cm³/mol. The van der Waals surface area contributed by atoms with Crippen molar-refractivity contribution < 1.29 is 37.3 Å². The average Bonchev–Trinajstić information content (AvgIpc) is 3.22. The van der Waals surface area contributed by atoms with Crippen LogP contribution >= 0.6 is 7.82 Å². The Bertz CT molecular complexity index is 1250. The lowest BCUT2D eigenvalue weighted by atomic mass is 10.1. The molecule has 2 unspecified atom stereocenters. The first-order valence-corrected chi connectivity index (χ1v) is 25.8. The van der Waals surface area contributed by atoms with Gasteiger partial charge in [0.15, 0.2) is 0 Å². The molecule has 9 heteroatoms. The van der Waals surface area contributed by atoms with Gasteiger partial charge in [0.05, 0.1) is 34.4 Å². The van der Waals surface area contributed by atoms with Crippen molar-refractivity contribution in [2.45, 2.75) is 187 Å². The fourth-order valence-electron chi connectivity index (χ4n) is 6.20. The van der Waals surface area contributed by atoms with Gasteiger partial charge in [-0.15, -0.1) is 0 Å². The second-order valence-corrected chi connectivity index (χ2v) is 18.6. The zero-order valence-electron chi connectivity index (χ0n) is 39.9. The molecule has 0 radical (unpaired) electrons. The van der Waals surface area contributed by atoms with E-state index in [4.69, 9.17) is 18.5 Å². The average molecular weight is 875 g/mol. The third-order valence-corrected chi connectivity index (χ3v) is 10.9. The molecule has 0 bridgehead atoms. The molecular weight excluding hydrogens is 782 g/mol. The number of carbonyl (C=O) groups is 1. The SMILES string of the molecule is CC/C=C\C/C=C\C/C=C\C/C=C\C/C=C\C/C=C\CCCCCCCCCOCC(COP(=O)(O)OCC[N+](C)(C)C)OC(=O)CCCCCCC/C=C\CCCCCC. The first kappa shape index (κ1) is 58.7. The Morgan fingerprint density at radius 2 is 0.951 bits per heavy atom. The van der Waals surface area contributed by atoms with E-state index in [9.17, 15) is 14.3 Å². The molecule has 0 aromatic heterocycles. The number of rotatable bonds is 44. The van der Waals surface area contributed by atoms with Crippen LogP contribution in [0.4, 0.5) is 0 Å². The van der Waals surface area contributed by atoms with Crippen LogP contribution in [-0.2, 0) is 27.9 Å². The van der Waals surface area contributed by atoms with E-state index < -0.39 is 13.9 Å². The predicted octanol–water partition coefficient (Wildman–Crippen LogP) is 14.8. The molecule has 0 heterocycles. The van der Waals surface area contributed by atoms with Crippen molar-refractivity contribution in [1.29, 1.82) is 0 Å².